The van der Waals surface area contributed by atoms with E-state index in [4.69, 9.17) is 0 Å². The van der Waals surface area contributed by atoms with Crippen molar-refractivity contribution in [1.82, 2.24) is 4.90 Å². The molecule has 1 nitrogen and oxygen atoms in total. The van der Waals surface area contributed by atoms with Gasteiger partial charge < -0.3 is 4.90 Å². The Morgan fingerprint density at radius 3 is 2.53 bits per heavy atom. The lowest BCUT2D eigenvalue weighted by molar-refractivity contribution is -0.137. The highest BCUT2D eigenvalue weighted by atomic mass is 19.4. The predicted octanol–water partition coefficient (Wildman–Crippen LogP) is 4.29. The lowest BCUT2D eigenvalue weighted by Crippen LogP contribution is -2.32. The summed E-state index contributed by atoms with van der Waals surface area (Å²) in [5.41, 5.74) is 0.304. The molecular formula is C15H20F3N. The molecule has 0 aliphatic heterocycles. The summed E-state index contributed by atoms with van der Waals surface area (Å²) in [6.07, 6.45) is -0.0716. The van der Waals surface area contributed by atoms with Gasteiger partial charge in [-0.3, -0.25) is 0 Å². The Kier molecular flexibility index (Phi) is 4.19. The molecule has 0 saturated heterocycles. The topological polar surface area (TPSA) is 3.24 Å². The zero-order valence-corrected chi connectivity index (χ0v) is 11.4. The molecule has 0 N–H and O–H groups in total. The van der Waals surface area contributed by atoms with E-state index < -0.39 is 11.7 Å². The Hall–Kier alpha value is -1.03. The van der Waals surface area contributed by atoms with Crippen LogP contribution in [0.2, 0.25) is 0 Å². The van der Waals surface area contributed by atoms with Crippen LogP contribution in [0.3, 0.4) is 0 Å². The second kappa shape index (κ2) is 5.53. The van der Waals surface area contributed by atoms with Crippen molar-refractivity contribution >= 4 is 0 Å². The van der Waals surface area contributed by atoms with Crippen LogP contribution in [-0.4, -0.2) is 25.0 Å². The lowest BCUT2D eigenvalue weighted by Gasteiger charge is -2.33. The van der Waals surface area contributed by atoms with Crippen molar-refractivity contribution in [3.63, 3.8) is 0 Å². The summed E-state index contributed by atoms with van der Waals surface area (Å²) in [7, 11) is 4.08. The van der Waals surface area contributed by atoms with Crippen molar-refractivity contribution in [2.45, 2.75) is 43.8 Å². The third kappa shape index (κ3) is 3.50. The first-order valence-electron chi connectivity index (χ1n) is 6.71. The van der Waals surface area contributed by atoms with Gasteiger partial charge in [0.15, 0.2) is 0 Å². The Bertz CT molecular complexity index is 426. The van der Waals surface area contributed by atoms with Gasteiger partial charge in [0.1, 0.15) is 0 Å². The number of hydrogen-bond donors (Lipinski definition) is 0. The summed E-state index contributed by atoms with van der Waals surface area (Å²) >= 11 is 0. The molecule has 1 fully saturated rings. The highest BCUT2D eigenvalue weighted by Crippen LogP contribution is 2.37. The number of nitrogens with zero attached hydrogens (tertiary/aromatic N) is 1. The standard InChI is InChI=1S/C15H20F3N/c1-19(2)14-8-4-6-12(10-14)11-5-3-7-13(9-11)15(16,17)18/h3,5,7,9,12,14H,4,6,8,10H2,1-2H3. The molecule has 0 radical (unpaired) electrons. The Morgan fingerprint density at radius 1 is 1.16 bits per heavy atom. The van der Waals surface area contributed by atoms with E-state index in [-0.39, 0.29) is 5.92 Å². The van der Waals surface area contributed by atoms with Crippen LogP contribution in [0.4, 0.5) is 13.2 Å². The SMILES string of the molecule is CN(C)C1CCCC(c2cccc(C(F)(F)F)c2)C1. The lowest BCUT2D eigenvalue weighted by atomic mass is 9.80. The van der Waals surface area contributed by atoms with Gasteiger partial charge in [-0.05, 0) is 50.9 Å². The van der Waals surface area contributed by atoms with E-state index in [2.05, 4.69) is 4.90 Å². The molecular weight excluding hydrogens is 251 g/mol. The second-order valence-corrected chi connectivity index (χ2v) is 5.60. The van der Waals surface area contributed by atoms with Gasteiger partial charge in [0, 0.05) is 6.04 Å². The third-order valence-corrected chi connectivity index (χ3v) is 4.06. The van der Waals surface area contributed by atoms with Crippen molar-refractivity contribution in [1.29, 1.82) is 0 Å². The van der Waals surface area contributed by atoms with Gasteiger partial charge in [0.25, 0.3) is 0 Å². The normalized spacial score (nSPS) is 24.7. The zero-order chi connectivity index (χ0) is 14.0. The number of hydrogen-bond acceptors (Lipinski definition) is 1. The molecule has 0 heterocycles. The molecule has 4 heteroatoms. The van der Waals surface area contributed by atoms with E-state index in [0.29, 0.717) is 6.04 Å². The van der Waals surface area contributed by atoms with Crippen molar-refractivity contribution in [2.75, 3.05) is 14.1 Å². The average molecular weight is 271 g/mol. The van der Waals surface area contributed by atoms with E-state index >= 15 is 0 Å². The fourth-order valence-electron chi connectivity index (χ4n) is 2.90. The largest absolute Gasteiger partial charge is 0.416 e. The van der Waals surface area contributed by atoms with Crippen LogP contribution in [0.15, 0.2) is 24.3 Å². The molecule has 1 aliphatic rings. The fraction of sp³-hybridized carbons (Fsp3) is 0.600. The number of benzene rings is 1. The molecule has 1 saturated carbocycles. The Balaban J connectivity index is 2.17. The predicted molar refractivity (Wildman–Crippen MR) is 70.1 cm³/mol. The van der Waals surface area contributed by atoms with Gasteiger partial charge in [0.2, 0.25) is 0 Å². The van der Waals surface area contributed by atoms with E-state index in [1.54, 1.807) is 0 Å². The molecule has 1 aromatic carbocycles. The second-order valence-electron chi connectivity index (χ2n) is 5.60. The Morgan fingerprint density at radius 2 is 1.89 bits per heavy atom. The third-order valence-electron chi connectivity index (χ3n) is 4.06. The van der Waals surface area contributed by atoms with Crippen LogP contribution in [-0.2, 0) is 6.18 Å². The summed E-state index contributed by atoms with van der Waals surface area (Å²) in [6, 6.07) is 6.31. The molecule has 19 heavy (non-hydrogen) atoms. The first kappa shape index (κ1) is 14.4. The maximum Gasteiger partial charge on any atom is 0.416 e. The minimum absolute atomic E-state index is 0.253. The minimum Gasteiger partial charge on any atom is -0.306 e. The molecule has 2 unspecified atom stereocenters. The highest BCUT2D eigenvalue weighted by molar-refractivity contribution is 5.28. The first-order chi connectivity index (χ1) is 8.88. The van der Waals surface area contributed by atoms with E-state index in [0.717, 1.165) is 37.3 Å². The maximum absolute atomic E-state index is 12.7. The summed E-state index contributed by atoms with van der Waals surface area (Å²) in [4.78, 5) is 2.18. The van der Waals surface area contributed by atoms with Crippen LogP contribution < -0.4 is 0 Å². The van der Waals surface area contributed by atoms with E-state index in [1.165, 1.54) is 12.1 Å². The Labute approximate surface area is 112 Å². The molecule has 0 aromatic heterocycles. The smallest absolute Gasteiger partial charge is 0.306 e. The molecule has 1 aromatic rings. The van der Waals surface area contributed by atoms with Crippen molar-refractivity contribution in [2.24, 2.45) is 0 Å². The summed E-state index contributed by atoms with van der Waals surface area (Å²) < 4.78 is 38.2. The number of rotatable bonds is 2. The van der Waals surface area contributed by atoms with Gasteiger partial charge >= 0.3 is 6.18 Å². The number of halogens is 3. The summed E-state index contributed by atoms with van der Waals surface area (Å²) in [5.74, 6) is 0.253. The van der Waals surface area contributed by atoms with Gasteiger partial charge in [-0.25, -0.2) is 0 Å². The van der Waals surface area contributed by atoms with Crippen molar-refractivity contribution in [3.8, 4) is 0 Å². The van der Waals surface area contributed by atoms with Gasteiger partial charge in [0.05, 0.1) is 5.56 Å². The summed E-state index contributed by atoms with van der Waals surface area (Å²) in [5, 5.41) is 0. The summed E-state index contributed by atoms with van der Waals surface area (Å²) in [6.45, 7) is 0. The maximum atomic E-state index is 12.7. The van der Waals surface area contributed by atoms with Gasteiger partial charge in [-0.15, -0.1) is 0 Å². The molecule has 1 aliphatic carbocycles. The van der Waals surface area contributed by atoms with Crippen LogP contribution in [0.1, 0.15) is 42.7 Å². The monoisotopic (exact) mass is 271 g/mol. The quantitative estimate of drug-likeness (QED) is 0.775. The van der Waals surface area contributed by atoms with E-state index in [1.807, 2.05) is 20.2 Å². The van der Waals surface area contributed by atoms with Crippen molar-refractivity contribution in [3.05, 3.63) is 35.4 Å². The molecule has 0 spiro atoms. The molecule has 2 rings (SSSR count). The minimum atomic E-state index is -4.24. The van der Waals surface area contributed by atoms with Crippen LogP contribution in [0.25, 0.3) is 0 Å². The van der Waals surface area contributed by atoms with Gasteiger partial charge in [-0.1, -0.05) is 24.6 Å². The van der Waals surface area contributed by atoms with E-state index in [9.17, 15) is 13.2 Å². The van der Waals surface area contributed by atoms with Gasteiger partial charge in [-0.2, -0.15) is 13.2 Å². The number of alkyl halides is 3. The molecule has 0 bridgehead atoms. The van der Waals surface area contributed by atoms with Crippen LogP contribution in [0, 0.1) is 0 Å². The highest BCUT2D eigenvalue weighted by Gasteiger charge is 2.32. The zero-order valence-electron chi connectivity index (χ0n) is 11.4. The van der Waals surface area contributed by atoms with Crippen molar-refractivity contribution < 1.29 is 13.2 Å². The molecule has 106 valence electrons. The van der Waals surface area contributed by atoms with Crippen LogP contribution >= 0.6 is 0 Å². The molecule has 2 atom stereocenters. The fourth-order valence-corrected chi connectivity index (χ4v) is 2.90. The first-order valence-corrected chi connectivity index (χ1v) is 6.71. The van der Waals surface area contributed by atoms with Crippen LogP contribution in [0.5, 0.6) is 0 Å². The molecule has 0 amide bonds. The average Bonchev–Trinajstić information content (AvgIpc) is 2.38.